The highest BCUT2D eigenvalue weighted by atomic mass is 16.6. The molecule has 1 heterocycles. The maximum absolute atomic E-state index is 8.95. The first-order chi connectivity index (χ1) is 3.41. The van der Waals surface area contributed by atoms with Crippen LogP contribution in [-0.4, -0.2) is 26.8 Å². The summed E-state index contributed by atoms with van der Waals surface area (Å²) in [6, 6.07) is 0. The zero-order valence-electron chi connectivity index (χ0n) is 4.22. The topological polar surface area (TPSA) is 38.8 Å². The molecule has 0 amide bonds. The maximum Gasteiger partial charge on any atom is 0.292 e. The number of hydrogen-bond acceptors (Lipinski definition) is 3. The predicted octanol–water partition coefficient (Wildman–Crippen LogP) is -0.194. The van der Waals surface area contributed by atoms with Gasteiger partial charge in [-0.1, -0.05) is 0 Å². The number of ether oxygens (including phenoxy) is 2. The van der Waals surface area contributed by atoms with Crippen molar-refractivity contribution < 1.29 is 14.3 Å². The van der Waals surface area contributed by atoms with E-state index >= 15 is 0 Å². The van der Waals surface area contributed by atoms with E-state index in [4.69, 9.17) is 4.79 Å². The van der Waals surface area contributed by atoms with Crippen LogP contribution in [0.4, 0.5) is 0 Å². The molecular formula is C4H8O3. The van der Waals surface area contributed by atoms with Crippen LogP contribution in [0, 0.1) is 0 Å². The van der Waals surface area contributed by atoms with Crippen molar-refractivity contribution in [1.29, 1.82) is 0 Å². The van der Waals surface area contributed by atoms with Gasteiger partial charge in [-0.2, -0.15) is 0 Å². The third-order valence-electron chi connectivity index (χ3n) is 0.300. The molecule has 42 valence electrons. The van der Waals surface area contributed by atoms with Crippen molar-refractivity contribution >= 4 is 6.47 Å². The van der Waals surface area contributed by atoms with Crippen LogP contribution in [0.25, 0.3) is 0 Å². The van der Waals surface area contributed by atoms with Crippen LogP contribution in [0.5, 0.6) is 0 Å². The molecule has 3 nitrogen and oxygen atoms in total. The van der Waals surface area contributed by atoms with E-state index in [-0.39, 0.29) is 0 Å². The van der Waals surface area contributed by atoms with Crippen molar-refractivity contribution in [2.75, 3.05) is 20.3 Å². The molecule has 0 bridgehead atoms. The number of carbonyl (C=O) groups excluding carboxylic acids is 1. The van der Waals surface area contributed by atoms with Gasteiger partial charge in [0.2, 0.25) is 0 Å². The Morgan fingerprint density at radius 3 is 2.00 bits per heavy atom. The monoisotopic (exact) mass is 104 g/mol. The molecule has 0 aliphatic carbocycles. The Morgan fingerprint density at radius 1 is 1.71 bits per heavy atom. The van der Waals surface area contributed by atoms with Gasteiger partial charge in [-0.05, 0) is 0 Å². The van der Waals surface area contributed by atoms with Crippen LogP contribution in [0.15, 0.2) is 0 Å². The SMILES string of the molecule is C1CO1.COC=O. The molecule has 0 saturated carbocycles. The standard InChI is InChI=1S/C2H4O2.C2H4O/c1-4-2-3;1-2-3-1/h2H,1H3;1-2H2. The zero-order chi connectivity index (χ0) is 5.54. The minimum atomic E-state index is 0.375. The second-order valence-electron chi connectivity index (χ2n) is 0.944. The average molecular weight is 104 g/mol. The van der Waals surface area contributed by atoms with Crippen molar-refractivity contribution in [1.82, 2.24) is 0 Å². The van der Waals surface area contributed by atoms with Gasteiger partial charge in [0.1, 0.15) is 0 Å². The lowest BCUT2D eigenvalue weighted by Gasteiger charge is -1.67. The van der Waals surface area contributed by atoms with Gasteiger partial charge in [0.15, 0.2) is 0 Å². The summed E-state index contributed by atoms with van der Waals surface area (Å²) in [5, 5.41) is 0. The van der Waals surface area contributed by atoms with Gasteiger partial charge in [-0.15, -0.1) is 0 Å². The fourth-order valence-electron chi connectivity index (χ4n) is 0. The third-order valence-corrected chi connectivity index (χ3v) is 0.300. The Morgan fingerprint density at radius 2 is 2.00 bits per heavy atom. The molecule has 1 rings (SSSR count). The molecule has 1 saturated heterocycles. The first kappa shape index (κ1) is 6.43. The van der Waals surface area contributed by atoms with E-state index in [0.717, 1.165) is 13.2 Å². The van der Waals surface area contributed by atoms with Gasteiger partial charge in [0, 0.05) is 0 Å². The van der Waals surface area contributed by atoms with E-state index in [1.807, 2.05) is 0 Å². The first-order valence-electron chi connectivity index (χ1n) is 1.96. The molecule has 0 N–H and O–H groups in total. The van der Waals surface area contributed by atoms with Crippen molar-refractivity contribution in [3.05, 3.63) is 0 Å². The first-order valence-corrected chi connectivity index (χ1v) is 1.96. The van der Waals surface area contributed by atoms with E-state index in [9.17, 15) is 0 Å². The van der Waals surface area contributed by atoms with Gasteiger partial charge >= 0.3 is 0 Å². The molecule has 0 radical (unpaired) electrons. The number of epoxide rings is 1. The second-order valence-corrected chi connectivity index (χ2v) is 0.944. The Hall–Kier alpha value is -0.570. The summed E-state index contributed by atoms with van der Waals surface area (Å²) in [4.78, 5) is 8.95. The smallest absolute Gasteiger partial charge is 0.292 e. The summed E-state index contributed by atoms with van der Waals surface area (Å²) in [6.07, 6.45) is 0. The number of methoxy groups -OCH3 is 1. The van der Waals surface area contributed by atoms with Crippen LogP contribution in [0.2, 0.25) is 0 Å². The second kappa shape index (κ2) is 5.43. The average Bonchev–Trinajstić information content (AvgIpc) is 2.47. The normalized spacial score (nSPS) is 13.3. The fourth-order valence-corrected chi connectivity index (χ4v) is 0. The van der Waals surface area contributed by atoms with Crippen LogP contribution in [0.1, 0.15) is 0 Å². The van der Waals surface area contributed by atoms with E-state index in [2.05, 4.69) is 9.47 Å². The zero-order valence-corrected chi connectivity index (χ0v) is 4.22. The summed E-state index contributed by atoms with van der Waals surface area (Å²) in [6.45, 7) is 2.38. The highest BCUT2D eigenvalue weighted by molar-refractivity contribution is 5.36. The van der Waals surface area contributed by atoms with Gasteiger partial charge in [0.05, 0.1) is 20.3 Å². The molecule has 7 heavy (non-hydrogen) atoms. The molecule has 1 aliphatic heterocycles. The summed E-state index contributed by atoms with van der Waals surface area (Å²) >= 11 is 0. The molecule has 0 atom stereocenters. The molecule has 0 unspecified atom stereocenters. The molecule has 1 fully saturated rings. The Labute approximate surface area is 42.2 Å². The van der Waals surface area contributed by atoms with Crippen LogP contribution < -0.4 is 0 Å². The van der Waals surface area contributed by atoms with Gasteiger partial charge < -0.3 is 9.47 Å². The highest BCUT2D eigenvalue weighted by Gasteiger charge is 1.94. The lowest BCUT2D eigenvalue weighted by Crippen LogP contribution is -1.68. The Kier molecular flexibility index (Phi) is 4.99. The number of rotatable bonds is 1. The van der Waals surface area contributed by atoms with E-state index in [0.29, 0.717) is 6.47 Å². The van der Waals surface area contributed by atoms with Crippen molar-refractivity contribution in [2.45, 2.75) is 0 Å². The van der Waals surface area contributed by atoms with E-state index in [1.54, 1.807) is 0 Å². The maximum atomic E-state index is 8.95. The Balaban J connectivity index is 0.000000105. The van der Waals surface area contributed by atoms with E-state index in [1.165, 1.54) is 7.11 Å². The fraction of sp³-hybridized carbons (Fsp3) is 0.750. The van der Waals surface area contributed by atoms with Crippen LogP contribution in [0.3, 0.4) is 0 Å². The lowest BCUT2D eigenvalue weighted by atomic mass is 11.0. The van der Waals surface area contributed by atoms with Gasteiger partial charge in [-0.3, -0.25) is 4.79 Å². The van der Waals surface area contributed by atoms with Crippen LogP contribution in [-0.2, 0) is 14.3 Å². The number of carbonyl (C=O) groups is 1. The molecule has 3 heteroatoms. The summed E-state index contributed by atoms with van der Waals surface area (Å²) < 4.78 is 8.36. The molecule has 0 aromatic rings. The van der Waals surface area contributed by atoms with E-state index < -0.39 is 0 Å². The summed E-state index contributed by atoms with van der Waals surface area (Å²) in [5.74, 6) is 0. The Bertz CT molecular complexity index is 39.4. The molecule has 0 aromatic heterocycles. The molecule has 0 aromatic carbocycles. The quantitative estimate of drug-likeness (QED) is 0.342. The van der Waals surface area contributed by atoms with Crippen LogP contribution >= 0.6 is 0 Å². The summed E-state index contributed by atoms with van der Waals surface area (Å²) in [7, 11) is 1.31. The minimum Gasteiger partial charge on any atom is -0.471 e. The molecule has 1 aliphatic rings. The van der Waals surface area contributed by atoms with Gasteiger partial charge in [0.25, 0.3) is 6.47 Å². The third kappa shape index (κ3) is 31.2. The largest absolute Gasteiger partial charge is 0.471 e. The minimum absolute atomic E-state index is 0.375. The van der Waals surface area contributed by atoms with Gasteiger partial charge in [-0.25, -0.2) is 0 Å². The molecule has 0 spiro atoms. The lowest BCUT2D eigenvalue weighted by molar-refractivity contribution is -0.126. The number of hydrogen-bond donors (Lipinski definition) is 0. The summed E-state index contributed by atoms with van der Waals surface area (Å²) in [5.41, 5.74) is 0. The molecular weight excluding hydrogens is 96.0 g/mol. The van der Waals surface area contributed by atoms with Crippen molar-refractivity contribution in [2.24, 2.45) is 0 Å². The van der Waals surface area contributed by atoms with Crippen molar-refractivity contribution in [3.8, 4) is 0 Å². The predicted molar refractivity (Wildman–Crippen MR) is 23.9 cm³/mol. The van der Waals surface area contributed by atoms with Crippen molar-refractivity contribution in [3.63, 3.8) is 0 Å². The highest BCUT2D eigenvalue weighted by Crippen LogP contribution is 1.84.